The molecule has 0 rings (SSSR count). The summed E-state index contributed by atoms with van der Waals surface area (Å²) in [5.41, 5.74) is 0. The molecule has 4 heteroatoms. The van der Waals surface area contributed by atoms with E-state index in [-0.39, 0.29) is 12.5 Å². The first-order chi connectivity index (χ1) is 6.16. The molecule has 78 valence electrons. The molecule has 4 nitrogen and oxygen atoms in total. The maximum absolute atomic E-state index is 11.0. The third-order valence-corrected chi connectivity index (χ3v) is 1.70. The van der Waals surface area contributed by atoms with Gasteiger partial charge in [-0.1, -0.05) is 0 Å². The zero-order valence-corrected chi connectivity index (χ0v) is 8.12. The van der Waals surface area contributed by atoms with Crippen LogP contribution in [0, 0.1) is 0 Å². The second-order valence-electron chi connectivity index (χ2n) is 3.17. The molecule has 0 spiro atoms. The van der Waals surface area contributed by atoms with Crippen molar-refractivity contribution in [3.8, 4) is 0 Å². The van der Waals surface area contributed by atoms with Gasteiger partial charge in [-0.05, 0) is 26.2 Å². The standard InChI is InChI=1S/C9H19NO3/c1-8(12)4-5-9(13)10-6-2-3-7-11/h8,11-12H,2-7H2,1H3,(H,10,13). The Kier molecular flexibility index (Phi) is 7.63. The number of carbonyl (C=O) groups is 1. The minimum absolute atomic E-state index is 0.0289. The second kappa shape index (κ2) is 8.01. The Labute approximate surface area is 79.0 Å². The molecule has 0 heterocycles. The van der Waals surface area contributed by atoms with Crippen LogP contribution in [0.2, 0.25) is 0 Å². The molecule has 0 fully saturated rings. The highest BCUT2D eigenvalue weighted by Crippen LogP contribution is 1.95. The minimum atomic E-state index is -0.414. The van der Waals surface area contributed by atoms with E-state index >= 15 is 0 Å². The number of hydrogen-bond acceptors (Lipinski definition) is 3. The smallest absolute Gasteiger partial charge is 0.220 e. The Hall–Kier alpha value is -0.610. The van der Waals surface area contributed by atoms with Crippen LogP contribution in [-0.4, -0.2) is 35.4 Å². The lowest BCUT2D eigenvalue weighted by molar-refractivity contribution is -0.121. The zero-order chi connectivity index (χ0) is 10.1. The monoisotopic (exact) mass is 189 g/mol. The lowest BCUT2D eigenvalue weighted by Gasteiger charge is -2.05. The first-order valence-corrected chi connectivity index (χ1v) is 4.72. The number of unbranched alkanes of at least 4 members (excludes halogenated alkanes) is 1. The van der Waals surface area contributed by atoms with Crippen molar-refractivity contribution in [1.29, 1.82) is 0 Å². The number of amides is 1. The van der Waals surface area contributed by atoms with Gasteiger partial charge in [-0.15, -0.1) is 0 Å². The average Bonchev–Trinajstić information content (AvgIpc) is 2.09. The van der Waals surface area contributed by atoms with Crippen LogP contribution in [0.15, 0.2) is 0 Å². The van der Waals surface area contributed by atoms with Crippen molar-refractivity contribution >= 4 is 5.91 Å². The van der Waals surface area contributed by atoms with Crippen LogP contribution in [-0.2, 0) is 4.79 Å². The van der Waals surface area contributed by atoms with Crippen molar-refractivity contribution in [2.24, 2.45) is 0 Å². The molecule has 0 bridgehead atoms. The van der Waals surface area contributed by atoms with Gasteiger partial charge in [0.15, 0.2) is 0 Å². The highest BCUT2D eigenvalue weighted by atomic mass is 16.3. The molecule has 13 heavy (non-hydrogen) atoms. The van der Waals surface area contributed by atoms with Gasteiger partial charge in [0, 0.05) is 19.6 Å². The molecule has 0 aliphatic carbocycles. The first-order valence-electron chi connectivity index (χ1n) is 4.72. The third kappa shape index (κ3) is 9.30. The SMILES string of the molecule is CC(O)CCC(=O)NCCCCO. The van der Waals surface area contributed by atoms with E-state index in [0.717, 1.165) is 12.8 Å². The summed E-state index contributed by atoms with van der Waals surface area (Å²) in [5.74, 6) is -0.0289. The fraction of sp³-hybridized carbons (Fsp3) is 0.889. The summed E-state index contributed by atoms with van der Waals surface area (Å²) in [6.07, 6.45) is 1.99. The Morgan fingerprint density at radius 2 is 2.15 bits per heavy atom. The zero-order valence-electron chi connectivity index (χ0n) is 8.12. The quantitative estimate of drug-likeness (QED) is 0.495. The predicted molar refractivity (Wildman–Crippen MR) is 50.2 cm³/mol. The largest absolute Gasteiger partial charge is 0.396 e. The van der Waals surface area contributed by atoms with Gasteiger partial charge in [0.2, 0.25) is 5.91 Å². The predicted octanol–water partition coefficient (Wildman–Crippen LogP) is 0.0361. The van der Waals surface area contributed by atoms with Crippen LogP contribution < -0.4 is 5.32 Å². The van der Waals surface area contributed by atoms with E-state index < -0.39 is 6.10 Å². The summed E-state index contributed by atoms with van der Waals surface area (Å²) in [6.45, 7) is 2.45. The summed E-state index contributed by atoms with van der Waals surface area (Å²) in [5, 5.41) is 20.1. The molecule has 0 aromatic rings. The van der Waals surface area contributed by atoms with Crippen molar-refractivity contribution in [3.63, 3.8) is 0 Å². The highest BCUT2D eigenvalue weighted by Gasteiger charge is 2.02. The van der Waals surface area contributed by atoms with Crippen molar-refractivity contribution in [2.45, 2.75) is 38.7 Å². The number of rotatable bonds is 7. The fourth-order valence-electron chi connectivity index (χ4n) is 0.893. The molecule has 1 atom stereocenters. The third-order valence-electron chi connectivity index (χ3n) is 1.70. The molecule has 0 saturated carbocycles. The van der Waals surface area contributed by atoms with E-state index in [4.69, 9.17) is 10.2 Å². The van der Waals surface area contributed by atoms with Gasteiger partial charge >= 0.3 is 0 Å². The summed E-state index contributed by atoms with van der Waals surface area (Å²) in [4.78, 5) is 11.0. The fourth-order valence-corrected chi connectivity index (χ4v) is 0.893. The maximum Gasteiger partial charge on any atom is 0.220 e. The van der Waals surface area contributed by atoms with Crippen LogP contribution in [0.1, 0.15) is 32.6 Å². The van der Waals surface area contributed by atoms with E-state index in [2.05, 4.69) is 5.32 Å². The van der Waals surface area contributed by atoms with Crippen molar-refractivity contribution < 1.29 is 15.0 Å². The Morgan fingerprint density at radius 1 is 1.46 bits per heavy atom. The van der Waals surface area contributed by atoms with Crippen molar-refractivity contribution in [1.82, 2.24) is 5.32 Å². The Balaban J connectivity index is 3.20. The molecule has 0 saturated heterocycles. The molecule has 0 aromatic carbocycles. The topological polar surface area (TPSA) is 69.6 Å². The molecular weight excluding hydrogens is 170 g/mol. The van der Waals surface area contributed by atoms with Crippen LogP contribution in [0.5, 0.6) is 0 Å². The molecule has 0 aromatic heterocycles. The van der Waals surface area contributed by atoms with Crippen molar-refractivity contribution in [3.05, 3.63) is 0 Å². The average molecular weight is 189 g/mol. The Bertz CT molecular complexity index is 137. The van der Waals surface area contributed by atoms with Gasteiger partial charge in [0.1, 0.15) is 0 Å². The van der Waals surface area contributed by atoms with Gasteiger partial charge in [-0.3, -0.25) is 4.79 Å². The Morgan fingerprint density at radius 3 is 2.69 bits per heavy atom. The highest BCUT2D eigenvalue weighted by molar-refractivity contribution is 5.75. The van der Waals surface area contributed by atoms with E-state index in [1.807, 2.05) is 0 Å². The maximum atomic E-state index is 11.0. The number of nitrogens with one attached hydrogen (secondary N) is 1. The second-order valence-corrected chi connectivity index (χ2v) is 3.17. The molecule has 0 aliphatic heterocycles. The number of aliphatic hydroxyl groups excluding tert-OH is 2. The summed E-state index contributed by atoms with van der Waals surface area (Å²) in [6, 6.07) is 0. The van der Waals surface area contributed by atoms with E-state index in [0.29, 0.717) is 19.4 Å². The van der Waals surface area contributed by atoms with E-state index in [1.54, 1.807) is 6.92 Å². The van der Waals surface area contributed by atoms with Gasteiger partial charge in [-0.25, -0.2) is 0 Å². The first kappa shape index (κ1) is 12.4. The van der Waals surface area contributed by atoms with Crippen LogP contribution in [0.3, 0.4) is 0 Å². The minimum Gasteiger partial charge on any atom is -0.396 e. The van der Waals surface area contributed by atoms with Gasteiger partial charge < -0.3 is 15.5 Å². The molecule has 0 aliphatic rings. The van der Waals surface area contributed by atoms with Gasteiger partial charge in [0.25, 0.3) is 0 Å². The normalized spacial score (nSPS) is 12.5. The number of aliphatic hydroxyl groups is 2. The van der Waals surface area contributed by atoms with Gasteiger partial charge in [0.05, 0.1) is 6.10 Å². The number of hydrogen-bond donors (Lipinski definition) is 3. The number of carbonyl (C=O) groups excluding carboxylic acids is 1. The summed E-state index contributed by atoms with van der Waals surface area (Å²) < 4.78 is 0. The van der Waals surface area contributed by atoms with Crippen molar-refractivity contribution in [2.75, 3.05) is 13.2 Å². The molecule has 1 amide bonds. The summed E-state index contributed by atoms with van der Waals surface area (Å²) >= 11 is 0. The molecule has 3 N–H and O–H groups in total. The lowest BCUT2D eigenvalue weighted by atomic mass is 10.2. The lowest BCUT2D eigenvalue weighted by Crippen LogP contribution is -2.25. The van der Waals surface area contributed by atoms with E-state index in [1.165, 1.54) is 0 Å². The van der Waals surface area contributed by atoms with Gasteiger partial charge in [-0.2, -0.15) is 0 Å². The molecule has 0 radical (unpaired) electrons. The van der Waals surface area contributed by atoms with Crippen LogP contribution in [0.4, 0.5) is 0 Å². The molecular formula is C9H19NO3. The van der Waals surface area contributed by atoms with E-state index in [9.17, 15) is 4.79 Å². The molecule has 1 unspecified atom stereocenters. The van der Waals surface area contributed by atoms with Crippen LogP contribution >= 0.6 is 0 Å². The summed E-state index contributed by atoms with van der Waals surface area (Å²) in [7, 11) is 0. The van der Waals surface area contributed by atoms with Crippen LogP contribution in [0.25, 0.3) is 0 Å².